The van der Waals surface area contributed by atoms with E-state index in [2.05, 4.69) is 4.90 Å². The Bertz CT molecular complexity index is 210. The first-order valence-electron chi connectivity index (χ1n) is 4.46. The van der Waals surface area contributed by atoms with E-state index in [1.807, 2.05) is 6.92 Å². The summed E-state index contributed by atoms with van der Waals surface area (Å²) in [6.45, 7) is 4.78. The van der Waals surface area contributed by atoms with E-state index in [1.54, 1.807) is 0 Å². The lowest BCUT2D eigenvalue weighted by molar-refractivity contribution is 0.283. The minimum absolute atomic E-state index is 0.265. The Balaban J connectivity index is 2.30. The third-order valence-electron chi connectivity index (χ3n) is 2.29. The number of thiocarbonyl (C=S) groups is 1. The van der Waals surface area contributed by atoms with Gasteiger partial charge in [-0.1, -0.05) is 19.1 Å². The fraction of sp³-hybridized carbons (Fsp3) is 0.875. The standard InChI is InChI=1S/C8H16N2OS2/c1-7(8(9)12)6-10-2-4-13(11)5-3-10/h7H,2-6H2,1H3,(H2,9,12). The van der Waals surface area contributed by atoms with Gasteiger partial charge in [-0.2, -0.15) is 0 Å². The van der Waals surface area contributed by atoms with Crippen LogP contribution in [-0.2, 0) is 10.8 Å². The van der Waals surface area contributed by atoms with Crippen LogP contribution in [0.1, 0.15) is 6.92 Å². The molecule has 1 aliphatic rings. The molecular formula is C8H16N2OS2. The van der Waals surface area contributed by atoms with Crippen molar-refractivity contribution in [3.05, 3.63) is 0 Å². The lowest BCUT2D eigenvalue weighted by atomic mass is 10.1. The number of nitrogens with two attached hydrogens (primary N) is 1. The van der Waals surface area contributed by atoms with Gasteiger partial charge in [0.15, 0.2) is 0 Å². The highest BCUT2D eigenvalue weighted by molar-refractivity contribution is 7.85. The molecule has 0 radical (unpaired) electrons. The molecule has 1 atom stereocenters. The van der Waals surface area contributed by atoms with E-state index < -0.39 is 10.8 Å². The van der Waals surface area contributed by atoms with E-state index in [0.29, 0.717) is 4.99 Å². The fourth-order valence-corrected chi connectivity index (χ4v) is 2.54. The van der Waals surface area contributed by atoms with Crippen LogP contribution in [0.15, 0.2) is 0 Å². The Labute approximate surface area is 87.1 Å². The highest BCUT2D eigenvalue weighted by Gasteiger charge is 2.17. The van der Waals surface area contributed by atoms with Gasteiger partial charge in [0, 0.05) is 47.9 Å². The first kappa shape index (κ1) is 11.1. The van der Waals surface area contributed by atoms with Crippen molar-refractivity contribution >= 4 is 28.0 Å². The highest BCUT2D eigenvalue weighted by atomic mass is 32.2. The van der Waals surface area contributed by atoms with Gasteiger partial charge >= 0.3 is 0 Å². The maximum atomic E-state index is 11.1. The van der Waals surface area contributed by atoms with E-state index in [1.165, 1.54) is 0 Å². The molecule has 5 heteroatoms. The van der Waals surface area contributed by atoms with Crippen LogP contribution in [0, 0.1) is 5.92 Å². The fourth-order valence-electron chi connectivity index (χ4n) is 1.34. The average Bonchev–Trinajstić information content (AvgIpc) is 2.08. The van der Waals surface area contributed by atoms with E-state index >= 15 is 0 Å². The van der Waals surface area contributed by atoms with Crippen molar-refractivity contribution in [1.82, 2.24) is 4.90 Å². The van der Waals surface area contributed by atoms with Gasteiger partial charge in [0.25, 0.3) is 0 Å². The van der Waals surface area contributed by atoms with Gasteiger partial charge in [-0.3, -0.25) is 4.21 Å². The summed E-state index contributed by atoms with van der Waals surface area (Å²) >= 11 is 4.90. The number of hydrogen-bond donors (Lipinski definition) is 1. The molecule has 1 rings (SSSR count). The van der Waals surface area contributed by atoms with Crippen molar-refractivity contribution in [1.29, 1.82) is 0 Å². The average molecular weight is 220 g/mol. The normalized spacial score (nSPS) is 22.8. The molecule has 1 unspecified atom stereocenters. The van der Waals surface area contributed by atoms with Crippen LogP contribution >= 0.6 is 12.2 Å². The quantitative estimate of drug-likeness (QED) is 0.679. The highest BCUT2D eigenvalue weighted by Crippen LogP contribution is 2.04. The molecule has 76 valence electrons. The SMILES string of the molecule is CC(CN1CCS(=O)CC1)C(N)=S. The van der Waals surface area contributed by atoms with Gasteiger partial charge in [0.1, 0.15) is 0 Å². The predicted molar refractivity (Wildman–Crippen MR) is 60.3 cm³/mol. The van der Waals surface area contributed by atoms with Crippen molar-refractivity contribution < 1.29 is 4.21 Å². The van der Waals surface area contributed by atoms with Crippen LogP contribution in [0.2, 0.25) is 0 Å². The molecule has 1 aliphatic heterocycles. The molecule has 0 aliphatic carbocycles. The number of nitrogens with zero attached hydrogens (tertiary/aromatic N) is 1. The Hall–Kier alpha value is -0.0000000000000000278. The van der Waals surface area contributed by atoms with E-state index in [9.17, 15) is 4.21 Å². The van der Waals surface area contributed by atoms with E-state index in [0.717, 1.165) is 31.1 Å². The minimum Gasteiger partial charge on any atom is -0.393 e. The van der Waals surface area contributed by atoms with E-state index in [4.69, 9.17) is 18.0 Å². The summed E-state index contributed by atoms with van der Waals surface area (Å²) in [4.78, 5) is 2.86. The predicted octanol–water partition coefficient (Wildman–Crippen LogP) is -0.0271. The van der Waals surface area contributed by atoms with Crippen molar-refractivity contribution in [2.75, 3.05) is 31.1 Å². The van der Waals surface area contributed by atoms with Crippen LogP contribution in [-0.4, -0.2) is 45.2 Å². The minimum atomic E-state index is -0.592. The van der Waals surface area contributed by atoms with Crippen molar-refractivity contribution in [3.63, 3.8) is 0 Å². The Morgan fingerprint density at radius 2 is 2.15 bits per heavy atom. The molecule has 0 aromatic rings. The molecule has 1 heterocycles. The molecule has 0 aromatic carbocycles. The Morgan fingerprint density at radius 3 is 2.62 bits per heavy atom. The zero-order valence-corrected chi connectivity index (χ0v) is 9.50. The van der Waals surface area contributed by atoms with E-state index in [-0.39, 0.29) is 5.92 Å². The summed E-state index contributed by atoms with van der Waals surface area (Å²) in [7, 11) is -0.592. The first-order chi connectivity index (χ1) is 6.09. The van der Waals surface area contributed by atoms with Gasteiger partial charge in [-0.25, -0.2) is 0 Å². The monoisotopic (exact) mass is 220 g/mol. The van der Waals surface area contributed by atoms with Crippen LogP contribution in [0.5, 0.6) is 0 Å². The molecule has 13 heavy (non-hydrogen) atoms. The number of rotatable bonds is 3. The van der Waals surface area contributed by atoms with Crippen LogP contribution in [0.3, 0.4) is 0 Å². The van der Waals surface area contributed by atoms with Crippen LogP contribution < -0.4 is 5.73 Å². The second kappa shape index (κ2) is 5.02. The Morgan fingerprint density at radius 1 is 1.62 bits per heavy atom. The molecule has 0 aromatic heterocycles. The van der Waals surface area contributed by atoms with Crippen molar-refractivity contribution in [3.8, 4) is 0 Å². The molecule has 2 N–H and O–H groups in total. The summed E-state index contributed by atoms with van der Waals surface area (Å²) in [5, 5.41) is 0. The first-order valence-corrected chi connectivity index (χ1v) is 6.36. The molecule has 3 nitrogen and oxygen atoms in total. The summed E-state index contributed by atoms with van der Waals surface area (Å²) in [5.74, 6) is 1.86. The topological polar surface area (TPSA) is 46.3 Å². The molecule has 0 saturated carbocycles. The van der Waals surface area contributed by atoms with Gasteiger partial charge in [0.05, 0.1) is 4.99 Å². The lowest BCUT2D eigenvalue weighted by Crippen LogP contribution is -2.42. The maximum Gasteiger partial charge on any atom is 0.0768 e. The summed E-state index contributed by atoms with van der Waals surface area (Å²) in [6, 6.07) is 0. The molecular weight excluding hydrogens is 204 g/mol. The smallest absolute Gasteiger partial charge is 0.0768 e. The second-order valence-electron chi connectivity index (χ2n) is 3.45. The molecule has 1 saturated heterocycles. The largest absolute Gasteiger partial charge is 0.393 e. The summed E-state index contributed by atoms with van der Waals surface area (Å²) in [6.07, 6.45) is 0. The van der Waals surface area contributed by atoms with Crippen molar-refractivity contribution in [2.45, 2.75) is 6.92 Å². The van der Waals surface area contributed by atoms with Gasteiger partial charge in [-0.15, -0.1) is 0 Å². The van der Waals surface area contributed by atoms with Crippen molar-refractivity contribution in [2.24, 2.45) is 11.7 Å². The third-order valence-corrected chi connectivity index (χ3v) is 3.97. The summed E-state index contributed by atoms with van der Waals surface area (Å²) in [5.41, 5.74) is 5.53. The maximum absolute atomic E-state index is 11.1. The van der Waals surface area contributed by atoms with Gasteiger partial charge in [-0.05, 0) is 0 Å². The third kappa shape index (κ3) is 3.70. The summed E-state index contributed by atoms with van der Waals surface area (Å²) < 4.78 is 11.1. The molecule has 0 bridgehead atoms. The second-order valence-corrected chi connectivity index (χ2v) is 5.62. The lowest BCUT2D eigenvalue weighted by Gasteiger charge is -2.28. The molecule has 0 spiro atoms. The van der Waals surface area contributed by atoms with Gasteiger partial charge < -0.3 is 10.6 Å². The van der Waals surface area contributed by atoms with Gasteiger partial charge in [0.2, 0.25) is 0 Å². The number of hydrogen-bond acceptors (Lipinski definition) is 3. The molecule has 1 fully saturated rings. The zero-order chi connectivity index (χ0) is 9.84. The Kier molecular flexibility index (Phi) is 4.28. The van der Waals surface area contributed by atoms with Crippen LogP contribution in [0.25, 0.3) is 0 Å². The zero-order valence-electron chi connectivity index (χ0n) is 7.86. The van der Waals surface area contributed by atoms with Crippen LogP contribution in [0.4, 0.5) is 0 Å². The molecule has 0 amide bonds.